The Bertz CT molecular complexity index is 311. The second-order valence-electron chi connectivity index (χ2n) is 3.22. The van der Waals surface area contributed by atoms with E-state index in [1.165, 1.54) is 0 Å². The van der Waals surface area contributed by atoms with E-state index in [9.17, 15) is 10.2 Å². The number of hydrogen-bond donors (Lipinski definition) is 2. The quantitative estimate of drug-likeness (QED) is 0.257. The van der Waals surface area contributed by atoms with E-state index < -0.39 is 20.2 Å². The van der Waals surface area contributed by atoms with Gasteiger partial charge in [-0.15, -0.1) is 0 Å². The summed E-state index contributed by atoms with van der Waals surface area (Å²) in [5.41, 5.74) is 0. The van der Waals surface area contributed by atoms with E-state index in [2.05, 4.69) is 0 Å². The van der Waals surface area contributed by atoms with Gasteiger partial charge >= 0.3 is 0 Å². The van der Waals surface area contributed by atoms with Gasteiger partial charge in [0.05, 0.1) is 13.2 Å². The van der Waals surface area contributed by atoms with E-state index in [0.717, 1.165) is 0 Å². The topological polar surface area (TPSA) is 58.9 Å². The van der Waals surface area contributed by atoms with Gasteiger partial charge in [-0.1, -0.05) is 69.6 Å². The maximum atomic E-state index is 9.37. The highest BCUT2D eigenvalue weighted by molar-refractivity contribution is 14.1. The van der Waals surface area contributed by atoms with E-state index in [-0.39, 0.29) is 13.2 Å². The highest BCUT2D eigenvalue weighted by Crippen LogP contribution is 2.33. The van der Waals surface area contributed by atoms with Crippen molar-refractivity contribution in [2.24, 2.45) is 0 Å². The van der Waals surface area contributed by atoms with E-state index in [1.54, 1.807) is 0 Å². The van der Waals surface area contributed by atoms with Crippen LogP contribution in [0, 0.1) is 0 Å². The summed E-state index contributed by atoms with van der Waals surface area (Å²) in [6.07, 6.45) is -3.15. The molecule has 4 nitrogen and oxygen atoms in total. The Morgan fingerprint density at radius 1 is 0.800 bits per heavy atom. The van der Waals surface area contributed by atoms with Crippen molar-refractivity contribution in [1.29, 1.82) is 0 Å². The molecule has 0 aromatic rings. The second kappa shape index (κ2) is 9.93. The number of alkyl halides is 6. The van der Waals surface area contributed by atoms with E-state index in [0.29, 0.717) is 7.16 Å². The molecule has 0 bridgehead atoms. The molecular formula is C8H8Cl6I2O4. The highest BCUT2D eigenvalue weighted by Gasteiger charge is 2.33. The standard InChI is InChI=1S/C8H8Cl6I2O4/c9-7(10,11)5(17)19-1-3(15)4(16)2-20-6(18)8(12,13)14/h5-6,17-18H,1-2H2/b4-3-/t5-,6-/m0/s1. The SMILES string of the molecule is O[C@@H](OC/C(I)=C(/I)CO[C@H](O)C(Cl)(Cl)Cl)C(Cl)(Cl)Cl. The van der Waals surface area contributed by atoms with Crippen molar-refractivity contribution in [3.63, 3.8) is 0 Å². The van der Waals surface area contributed by atoms with Gasteiger partial charge in [-0.3, -0.25) is 0 Å². The molecule has 0 unspecified atom stereocenters. The molecule has 0 radical (unpaired) electrons. The number of rotatable bonds is 6. The first-order chi connectivity index (χ1) is 8.85. The lowest BCUT2D eigenvalue weighted by Gasteiger charge is -2.20. The van der Waals surface area contributed by atoms with E-state index in [1.807, 2.05) is 45.2 Å². The van der Waals surface area contributed by atoms with Crippen LogP contribution in [0.1, 0.15) is 0 Å². The van der Waals surface area contributed by atoms with Crippen LogP contribution in [0.15, 0.2) is 7.16 Å². The Kier molecular flexibility index (Phi) is 11.3. The van der Waals surface area contributed by atoms with Gasteiger partial charge in [0.25, 0.3) is 0 Å². The lowest BCUT2D eigenvalue weighted by atomic mass is 10.5. The second-order valence-corrected chi connectivity index (χ2v) is 10.6. The minimum atomic E-state index is -1.94. The summed E-state index contributed by atoms with van der Waals surface area (Å²) in [6.45, 7) is -0.0255. The molecule has 2 N–H and O–H groups in total. The van der Waals surface area contributed by atoms with E-state index in [4.69, 9.17) is 79.1 Å². The number of hydrogen-bond acceptors (Lipinski definition) is 4. The van der Waals surface area contributed by atoms with Crippen LogP contribution in [0.25, 0.3) is 0 Å². The smallest absolute Gasteiger partial charge is 0.240 e. The monoisotopic (exact) mass is 632 g/mol. The van der Waals surface area contributed by atoms with Crippen molar-refractivity contribution >= 4 is 115 Å². The van der Waals surface area contributed by atoms with Crippen LogP contribution >= 0.6 is 115 Å². The van der Waals surface area contributed by atoms with Crippen LogP contribution in [-0.2, 0) is 9.47 Å². The maximum Gasteiger partial charge on any atom is 0.240 e. The van der Waals surface area contributed by atoms with Gasteiger partial charge in [-0.05, 0) is 45.2 Å². The van der Waals surface area contributed by atoms with Gasteiger partial charge in [0, 0.05) is 7.16 Å². The van der Waals surface area contributed by atoms with Gasteiger partial charge < -0.3 is 19.7 Å². The average molecular weight is 635 g/mol. The molecular weight excluding hydrogens is 627 g/mol. The Balaban J connectivity index is 4.33. The lowest BCUT2D eigenvalue weighted by Crippen LogP contribution is -2.29. The molecule has 0 fully saturated rings. The fourth-order valence-corrected chi connectivity index (χ4v) is 1.70. The van der Waals surface area contributed by atoms with Crippen LogP contribution in [0.5, 0.6) is 0 Å². The molecule has 0 aromatic carbocycles. The molecule has 0 aliphatic heterocycles. The number of aliphatic hydroxyl groups excluding tert-OH is 2. The zero-order valence-corrected chi connectivity index (χ0v) is 18.2. The van der Waals surface area contributed by atoms with Crippen molar-refractivity contribution in [3.05, 3.63) is 7.16 Å². The average Bonchev–Trinajstić information content (AvgIpc) is 2.29. The zero-order chi connectivity index (χ0) is 16.1. The molecule has 0 aliphatic carbocycles. The summed E-state index contributed by atoms with van der Waals surface area (Å²) in [4.78, 5) is 0. The number of ether oxygens (including phenoxy) is 2. The van der Waals surface area contributed by atoms with Crippen LogP contribution in [-0.4, -0.2) is 43.6 Å². The Hall–Kier alpha value is 2.78. The normalized spacial score (nSPS) is 17.7. The lowest BCUT2D eigenvalue weighted by molar-refractivity contribution is -0.0889. The Morgan fingerprint density at radius 2 is 1.05 bits per heavy atom. The Morgan fingerprint density at radius 3 is 1.25 bits per heavy atom. The maximum absolute atomic E-state index is 9.37. The van der Waals surface area contributed by atoms with Crippen molar-refractivity contribution < 1.29 is 19.7 Å². The predicted molar refractivity (Wildman–Crippen MR) is 99.6 cm³/mol. The minimum Gasteiger partial charge on any atom is -0.365 e. The van der Waals surface area contributed by atoms with Gasteiger partial charge in [0.1, 0.15) is 0 Å². The first kappa shape index (κ1) is 22.8. The molecule has 0 rings (SSSR count). The fourth-order valence-electron chi connectivity index (χ4n) is 0.650. The van der Waals surface area contributed by atoms with Gasteiger partial charge in [-0.25, -0.2) is 0 Å². The Labute approximate surface area is 173 Å². The van der Waals surface area contributed by atoms with Crippen molar-refractivity contribution in [1.82, 2.24) is 0 Å². The first-order valence-corrected chi connectivity index (χ1v) is 9.04. The molecule has 0 saturated heterocycles. The summed E-state index contributed by atoms with van der Waals surface area (Å²) in [5, 5.41) is 18.7. The van der Waals surface area contributed by atoms with Crippen LogP contribution < -0.4 is 0 Å². The molecule has 0 spiro atoms. The molecule has 0 aliphatic rings. The fraction of sp³-hybridized carbons (Fsp3) is 0.750. The number of halogens is 8. The molecule has 0 aromatic heterocycles. The summed E-state index contributed by atoms with van der Waals surface area (Å²) < 4.78 is 7.35. The van der Waals surface area contributed by atoms with Gasteiger partial charge in [0.2, 0.25) is 20.2 Å². The van der Waals surface area contributed by atoms with E-state index >= 15 is 0 Å². The van der Waals surface area contributed by atoms with Crippen LogP contribution in [0.2, 0.25) is 0 Å². The predicted octanol–water partition coefficient (Wildman–Crippen LogP) is 4.48. The van der Waals surface area contributed by atoms with Crippen LogP contribution in [0.3, 0.4) is 0 Å². The number of aliphatic hydroxyl groups is 2. The third-order valence-corrected chi connectivity index (χ3v) is 5.67. The van der Waals surface area contributed by atoms with Crippen molar-refractivity contribution in [2.45, 2.75) is 20.2 Å². The van der Waals surface area contributed by atoms with Crippen molar-refractivity contribution in [2.75, 3.05) is 13.2 Å². The zero-order valence-electron chi connectivity index (χ0n) is 9.30. The van der Waals surface area contributed by atoms with Gasteiger partial charge in [-0.2, -0.15) is 0 Å². The minimum absolute atomic E-state index is 0.0128. The summed E-state index contributed by atoms with van der Waals surface area (Å²) >= 11 is 36.5. The van der Waals surface area contributed by atoms with Gasteiger partial charge in [0.15, 0.2) is 0 Å². The molecule has 120 valence electrons. The van der Waals surface area contributed by atoms with Crippen molar-refractivity contribution in [3.8, 4) is 0 Å². The molecule has 0 saturated carbocycles. The summed E-state index contributed by atoms with van der Waals surface area (Å²) in [7, 11) is 0. The summed E-state index contributed by atoms with van der Waals surface area (Å²) in [6, 6.07) is 0. The molecule has 20 heavy (non-hydrogen) atoms. The van der Waals surface area contributed by atoms with Crippen LogP contribution in [0.4, 0.5) is 0 Å². The first-order valence-electron chi connectivity index (χ1n) is 4.61. The third-order valence-electron chi connectivity index (χ3n) is 1.59. The molecule has 2 atom stereocenters. The summed E-state index contributed by atoms with van der Waals surface area (Å²) in [5.74, 6) is 0. The largest absolute Gasteiger partial charge is 0.365 e. The third kappa shape index (κ3) is 9.82. The molecule has 0 amide bonds. The molecule has 0 heterocycles. The highest BCUT2D eigenvalue weighted by atomic mass is 127. The molecule has 12 heteroatoms.